The maximum Gasteiger partial charge on any atom is 0.243 e. The molecule has 2 aliphatic heterocycles. The molecule has 0 aliphatic carbocycles. The van der Waals surface area contributed by atoms with Crippen LogP contribution in [0.15, 0.2) is 17.2 Å². The van der Waals surface area contributed by atoms with Gasteiger partial charge >= 0.3 is 0 Å². The zero-order valence-electron chi connectivity index (χ0n) is 13.9. The maximum atomic E-state index is 11.8. The molecule has 0 bridgehead atoms. The average Bonchev–Trinajstić information content (AvgIpc) is 2.62. The van der Waals surface area contributed by atoms with E-state index in [1.165, 1.54) is 12.3 Å². The molecule has 2 N–H and O–H groups in total. The van der Waals surface area contributed by atoms with Crippen molar-refractivity contribution in [3.63, 3.8) is 0 Å². The van der Waals surface area contributed by atoms with Crippen molar-refractivity contribution in [1.82, 2.24) is 9.88 Å². The summed E-state index contributed by atoms with van der Waals surface area (Å²) in [6.45, 7) is 3.43. The number of sulfonamides is 1. The quantitative estimate of drug-likeness (QED) is 0.830. The fraction of sp³-hybridized carbons (Fsp3) is 0.625. The second kappa shape index (κ2) is 7.66. The number of aromatic nitrogens is 1. The van der Waals surface area contributed by atoms with Gasteiger partial charge in [-0.05, 0) is 31.7 Å². The Bertz CT molecular complexity index is 748. The normalized spacial score (nSPS) is 21.0. The number of pyridine rings is 1. The molecule has 0 saturated carbocycles. The molecule has 0 atom stereocenters. The number of nitrogens with two attached hydrogens (primary N) is 1. The minimum Gasteiger partial charge on any atom is -0.473 e. The standard InChI is InChI=1S/C16H22N4O4S/c17-10-12-9-15(25(18,21)22)16(19-11-12)24-14-1-5-20(6-2-14)13-3-7-23-8-4-13/h9,11,13-14H,1-8H2,(H2,18,21,22). The fourth-order valence-electron chi connectivity index (χ4n) is 3.35. The predicted octanol–water partition coefficient (Wildman–Crippen LogP) is 0.623. The fourth-order valence-corrected chi connectivity index (χ4v) is 3.99. The van der Waals surface area contributed by atoms with Crippen molar-refractivity contribution in [1.29, 1.82) is 5.26 Å². The number of piperidine rings is 1. The zero-order chi connectivity index (χ0) is 17.9. The van der Waals surface area contributed by atoms with E-state index in [0.717, 1.165) is 52.0 Å². The highest BCUT2D eigenvalue weighted by molar-refractivity contribution is 7.89. The summed E-state index contributed by atoms with van der Waals surface area (Å²) in [6, 6.07) is 3.62. The van der Waals surface area contributed by atoms with E-state index >= 15 is 0 Å². The van der Waals surface area contributed by atoms with Crippen molar-refractivity contribution < 1.29 is 17.9 Å². The van der Waals surface area contributed by atoms with Crippen LogP contribution in [0.4, 0.5) is 0 Å². The Morgan fingerprint density at radius 2 is 1.96 bits per heavy atom. The molecule has 3 heterocycles. The van der Waals surface area contributed by atoms with E-state index in [4.69, 9.17) is 19.9 Å². The van der Waals surface area contributed by atoms with Gasteiger partial charge in [-0.25, -0.2) is 18.5 Å². The van der Waals surface area contributed by atoms with Gasteiger partial charge in [-0.2, -0.15) is 5.26 Å². The van der Waals surface area contributed by atoms with E-state index in [0.29, 0.717) is 6.04 Å². The first-order chi connectivity index (χ1) is 12.0. The van der Waals surface area contributed by atoms with Crippen LogP contribution >= 0.6 is 0 Å². The molecule has 3 rings (SSSR count). The summed E-state index contributed by atoms with van der Waals surface area (Å²) >= 11 is 0. The zero-order valence-corrected chi connectivity index (χ0v) is 14.7. The van der Waals surface area contributed by atoms with Gasteiger partial charge in [0.05, 0.1) is 5.56 Å². The maximum absolute atomic E-state index is 11.8. The van der Waals surface area contributed by atoms with Crippen LogP contribution in [-0.2, 0) is 14.8 Å². The minimum absolute atomic E-state index is 0.0222. The average molecular weight is 366 g/mol. The van der Waals surface area contributed by atoms with Gasteiger partial charge in [0.1, 0.15) is 17.1 Å². The lowest BCUT2D eigenvalue weighted by Crippen LogP contribution is -2.46. The van der Waals surface area contributed by atoms with Gasteiger partial charge in [0, 0.05) is 38.5 Å². The Hall–Kier alpha value is -1.73. The van der Waals surface area contributed by atoms with Crippen LogP contribution in [0, 0.1) is 11.3 Å². The van der Waals surface area contributed by atoms with Crippen LogP contribution in [-0.4, -0.2) is 56.8 Å². The molecular weight excluding hydrogens is 344 g/mol. The minimum atomic E-state index is -4.01. The van der Waals surface area contributed by atoms with Crippen LogP contribution < -0.4 is 9.88 Å². The summed E-state index contributed by atoms with van der Waals surface area (Å²) in [5.74, 6) is -0.0222. The third kappa shape index (κ3) is 4.46. The van der Waals surface area contributed by atoms with Gasteiger partial charge in [-0.3, -0.25) is 4.90 Å². The van der Waals surface area contributed by atoms with Crippen LogP contribution in [0.25, 0.3) is 0 Å². The predicted molar refractivity (Wildman–Crippen MR) is 89.4 cm³/mol. The lowest BCUT2D eigenvalue weighted by Gasteiger charge is -2.39. The van der Waals surface area contributed by atoms with E-state index in [1.54, 1.807) is 0 Å². The summed E-state index contributed by atoms with van der Waals surface area (Å²) in [4.78, 5) is 6.20. The van der Waals surface area contributed by atoms with Gasteiger partial charge in [-0.1, -0.05) is 0 Å². The van der Waals surface area contributed by atoms with E-state index in [9.17, 15) is 8.42 Å². The molecule has 136 valence electrons. The second-order valence-corrected chi connectivity index (χ2v) is 7.91. The number of likely N-dealkylation sites (tertiary alicyclic amines) is 1. The number of nitriles is 1. The highest BCUT2D eigenvalue weighted by Gasteiger charge is 2.28. The molecule has 8 nitrogen and oxygen atoms in total. The van der Waals surface area contributed by atoms with Gasteiger partial charge in [0.2, 0.25) is 15.9 Å². The van der Waals surface area contributed by atoms with Gasteiger partial charge in [0.15, 0.2) is 0 Å². The van der Waals surface area contributed by atoms with Crippen LogP contribution in [0.3, 0.4) is 0 Å². The van der Waals surface area contributed by atoms with E-state index in [1.807, 2.05) is 6.07 Å². The Morgan fingerprint density at radius 3 is 2.56 bits per heavy atom. The van der Waals surface area contributed by atoms with Crippen LogP contribution in [0.1, 0.15) is 31.2 Å². The number of primary sulfonamides is 1. The number of rotatable bonds is 4. The number of hydrogen-bond acceptors (Lipinski definition) is 7. The summed E-state index contributed by atoms with van der Waals surface area (Å²) in [7, 11) is -4.01. The number of nitrogens with zero attached hydrogens (tertiary/aromatic N) is 3. The van der Waals surface area contributed by atoms with E-state index in [2.05, 4.69) is 9.88 Å². The molecule has 0 amide bonds. The lowest BCUT2D eigenvalue weighted by molar-refractivity contribution is 0.00900. The number of hydrogen-bond donors (Lipinski definition) is 1. The molecule has 1 aromatic heterocycles. The molecule has 0 radical (unpaired) electrons. The van der Waals surface area contributed by atoms with Gasteiger partial charge in [-0.15, -0.1) is 0 Å². The molecule has 25 heavy (non-hydrogen) atoms. The summed E-state index contributed by atoms with van der Waals surface area (Å²) in [5.41, 5.74) is 0.130. The lowest BCUT2D eigenvalue weighted by atomic mass is 10.0. The Balaban J connectivity index is 1.65. The highest BCUT2D eigenvalue weighted by atomic mass is 32.2. The van der Waals surface area contributed by atoms with Gasteiger partial charge in [0.25, 0.3) is 0 Å². The molecule has 2 aliphatic rings. The molecule has 0 aromatic carbocycles. The number of ether oxygens (including phenoxy) is 2. The molecule has 0 unspecified atom stereocenters. The summed E-state index contributed by atoms with van der Waals surface area (Å²) < 4.78 is 34.7. The van der Waals surface area contributed by atoms with Crippen molar-refractivity contribution in [2.45, 2.75) is 42.7 Å². The Kier molecular flexibility index (Phi) is 5.54. The molecule has 2 saturated heterocycles. The van der Waals surface area contributed by atoms with E-state index < -0.39 is 10.0 Å². The van der Waals surface area contributed by atoms with Crippen molar-refractivity contribution in [3.8, 4) is 11.9 Å². The first-order valence-corrected chi connectivity index (χ1v) is 9.93. The largest absolute Gasteiger partial charge is 0.473 e. The summed E-state index contributed by atoms with van der Waals surface area (Å²) in [6.07, 6.45) is 4.88. The second-order valence-electron chi connectivity index (χ2n) is 6.38. The van der Waals surface area contributed by atoms with Crippen molar-refractivity contribution in [2.24, 2.45) is 5.14 Å². The van der Waals surface area contributed by atoms with Crippen molar-refractivity contribution in [3.05, 3.63) is 17.8 Å². The van der Waals surface area contributed by atoms with Crippen LogP contribution in [0.2, 0.25) is 0 Å². The van der Waals surface area contributed by atoms with Crippen molar-refractivity contribution >= 4 is 10.0 Å². The molecule has 0 spiro atoms. The van der Waals surface area contributed by atoms with Crippen molar-refractivity contribution in [2.75, 3.05) is 26.3 Å². The highest BCUT2D eigenvalue weighted by Crippen LogP contribution is 2.26. The van der Waals surface area contributed by atoms with Gasteiger partial charge < -0.3 is 9.47 Å². The summed E-state index contributed by atoms with van der Waals surface area (Å²) in [5, 5.41) is 14.1. The first kappa shape index (κ1) is 18.1. The molecular formula is C16H22N4O4S. The third-order valence-electron chi connectivity index (χ3n) is 4.72. The SMILES string of the molecule is N#Cc1cnc(OC2CCN(C3CCOCC3)CC2)c(S(N)(=O)=O)c1. The first-order valence-electron chi connectivity index (χ1n) is 8.39. The molecule has 2 fully saturated rings. The smallest absolute Gasteiger partial charge is 0.243 e. The van der Waals surface area contributed by atoms with E-state index in [-0.39, 0.29) is 22.4 Å². The Morgan fingerprint density at radius 1 is 1.28 bits per heavy atom. The van der Waals surface area contributed by atoms with Crippen LogP contribution in [0.5, 0.6) is 5.88 Å². The Labute approximate surface area is 147 Å². The molecule has 9 heteroatoms. The monoisotopic (exact) mass is 366 g/mol. The third-order valence-corrected chi connectivity index (χ3v) is 5.62. The topological polar surface area (TPSA) is 119 Å². The molecule has 1 aromatic rings.